The van der Waals surface area contributed by atoms with E-state index in [1.807, 2.05) is 0 Å². The molecule has 0 heterocycles. The van der Waals surface area contributed by atoms with Crippen molar-refractivity contribution in [1.82, 2.24) is 0 Å². The number of rotatable bonds is 50. The second kappa shape index (κ2) is 55.2. The molecule has 0 spiro atoms. The van der Waals surface area contributed by atoms with Gasteiger partial charge in [-0.2, -0.15) is 0 Å². The van der Waals surface area contributed by atoms with Crippen LogP contribution in [0.2, 0.25) is 0 Å². The minimum absolute atomic E-state index is 0.0936. The van der Waals surface area contributed by atoms with Crippen LogP contribution < -0.4 is 0 Å². The Balaban J connectivity index is 4.46. The van der Waals surface area contributed by atoms with Crippen molar-refractivity contribution in [3.63, 3.8) is 0 Å². The monoisotopic (exact) mass is 933 g/mol. The lowest BCUT2D eigenvalue weighted by molar-refractivity contribution is -0.167. The largest absolute Gasteiger partial charge is 0.462 e. The number of esters is 3. The lowest BCUT2D eigenvalue weighted by Crippen LogP contribution is -2.30. The summed E-state index contributed by atoms with van der Waals surface area (Å²) in [7, 11) is 0. The summed E-state index contributed by atoms with van der Waals surface area (Å²) >= 11 is 0. The van der Waals surface area contributed by atoms with Crippen LogP contribution in [0.5, 0.6) is 0 Å². The summed E-state index contributed by atoms with van der Waals surface area (Å²) in [5.41, 5.74) is 0. The predicted molar refractivity (Wildman–Crippen MR) is 288 cm³/mol. The summed E-state index contributed by atoms with van der Waals surface area (Å²) in [5.74, 6) is -0.931. The Morgan fingerprint density at radius 1 is 0.313 bits per heavy atom. The van der Waals surface area contributed by atoms with Crippen molar-refractivity contribution in [2.75, 3.05) is 13.2 Å². The standard InChI is InChI=1S/C61H104O6/c1-4-7-10-13-16-19-22-25-28-30-33-36-39-42-45-48-51-54-60(63)66-57-58(56-65-59(62)53-50-47-44-41-38-35-32-27-24-21-18-15-12-9-6-3)67-61(64)55-52-49-46-43-40-37-34-31-29-26-23-20-17-14-11-8-5-2/h7,10,16,18-19,21,25-29,32-33,36,58H,4-6,8-9,11-15,17,20,22-24,30-31,34-35,37-57H2,1-3H3/b10-7-,19-16-,21-18-,28-25-,29-26-,32-27-,36-33-/t58-/m0/s1. The van der Waals surface area contributed by atoms with E-state index in [4.69, 9.17) is 14.2 Å². The Morgan fingerprint density at radius 2 is 0.582 bits per heavy atom. The zero-order chi connectivity index (χ0) is 48.6. The Hall–Kier alpha value is -3.41. The number of hydrogen-bond acceptors (Lipinski definition) is 6. The number of carbonyl (C=O) groups is 3. The van der Waals surface area contributed by atoms with Gasteiger partial charge in [0.15, 0.2) is 6.10 Å². The molecule has 0 unspecified atom stereocenters. The van der Waals surface area contributed by atoms with E-state index in [1.165, 1.54) is 103 Å². The van der Waals surface area contributed by atoms with E-state index < -0.39 is 6.10 Å². The van der Waals surface area contributed by atoms with Gasteiger partial charge in [-0.05, 0) is 116 Å². The molecule has 0 N–H and O–H groups in total. The third kappa shape index (κ3) is 53.4. The lowest BCUT2D eigenvalue weighted by Gasteiger charge is -2.18. The highest BCUT2D eigenvalue weighted by Gasteiger charge is 2.19. The van der Waals surface area contributed by atoms with Crippen LogP contribution in [0.1, 0.15) is 265 Å². The fraction of sp³-hybridized carbons (Fsp3) is 0.721. The summed E-state index contributed by atoms with van der Waals surface area (Å²) in [6, 6.07) is 0. The van der Waals surface area contributed by atoms with Gasteiger partial charge in [0.25, 0.3) is 0 Å². The zero-order valence-corrected chi connectivity index (χ0v) is 43.9. The number of hydrogen-bond donors (Lipinski definition) is 0. The normalized spacial score (nSPS) is 12.7. The second-order valence-electron chi connectivity index (χ2n) is 18.5. The van der Waals surface area contributed by atoms with Crippen LogP contribution in [0.4, 0.5) is 0 Å². The van der Waals surface area contributed by atoms with Gasteiger partial charge < -0.3 is 14.2 Å². The summed E-state index contributed by atoms with van der Waals surface area (Å²) in [4.78, 5) is 38.1. The molecule has 0 aliphatic rings. The molecule has 0 amide bonds. The van der Waals surface area contributed by atoms with E-state index >= 15 is 0 Å². The van der Waals surface area contributed by atoms with Crippen LogP contribution in [0.3, 0.4) is 0 Å². The smallest absolute Gasteiger partial charge is 0.306 e. The molecule has 0 aromatic carbocycles. The Morgan fingerprint density at radius 3 is 0.955 bits per heavy atom. The minimum Gasteiger partial charge on any atom is -0.462 e. The van der Waals surface area contributed by atoms with Crippen LogP contribution in [0.15, 0.2) is 85.1 Å². The average Bonchev–Trinajstić information content (AvgIpc) is 3.33. The van der Waals surface area contributed by atoms with Crippen molar-refractivity contribution < 1.29 is 28.6 Å². The van der Waals surface area contributed by atoms with Crippen molar-refractivity contribution in [2.24, 2.45) is 0 Å². The van der Waals surface area contributed by atoms with Crippen LogP contribution >= 0.6 is 0 Å². The maximum Gasteiger partial charge on any atom is 0.306 e. The fourth-order valence-electron chi connectivity index (χ4n) is 7.63. The van der Waals surface area contributed by atoms with E-state index in [9.17, 15) is 14.4 Å². The van der Waals surface area contributed by atoms with Crippen LogP contribution in [0, 0.1) is 0 Å². The molecule has 0 bridgehead atoms. The van der Waals surface area contributed by atoms with E-state index in [-0.39, 0.29) is 31.1 Å². The molecule has 6 heteroatoms. The molecule has 0 saturated heterocycles. The van der Waals surface area contributed by atoms with Crippen LogP contribution in [0.25, 0.3) is 0 Å². The zero-order valence-electron chi connectivity index (χ0n) is 43.9. The van der Waals surface area contributed by atoms with Crippen molar-refractivity contribution in [1.29, 1.82) is 0 Å². The maximum absolute atomic E-state index is 12.8. The maximum atomic E-state index is 12.8. The molecule has 0 aromatic rings. The molecule has 0 aromatic heterocycles. The first-order valence-electron chi connectivity index (χ1n) is 28.1. The number of carbonyl (C=O) groups excluding carboxylic acids is 3. The van der Waals surface area contributed by atoms with Crippen LogP contribution in [-0.2, 0) is 28.6 Å². The Kier molecular flexibility index (Phi) is 52.4. The summed E-state index contributed by atoms with van der Waals surface area (Å²) in [6.45, 7) is 6.47. The molecular formula is C61H104O6. The lowest BCUT2D eigenvalue weighted by atomic mass is 10.1. The highest BCUT2D eigenvalue weighted by Crippen LogP contribution is 2.14. The van der Waals surface area contributed by atoms with E-state index in [0.717, 1.165) is 122 Å². The SMILES string of the molecule is CC/C=C\C/C=C\C/C=C\C/C=C\CCCCCCC(=O)OC[C@H](COC(=O)CCCCCCC/C=C\C/C=C\CCCCC)OC(=O)CCCCCCCCC/C=C\CCCCCCCC. The van der Waals surface area contributed by atoms with Gasteiger partial charge in [-0.15, -0.1) is 0 Å². The summed E-state index contributed by atoms with van der Waals surface area (Å²) in [6.07, 6.45) is 71.3. The third-order valence-corrected chi connectivity index (χ3v) is 11.9. The van der Waals surface area contributed by atoms with Gasteiger partial charge in [0.2, 0.25) is 0 Å². The van der Waals surface area contributed by atoms with Gasteiger partial charge in [-0.25, -0.2) is 0 Å². The van der Waals surface area contributed by atoms with Crippen molar-refractivity contribution in [3.8, 4) is 0 Å². The number of unbranched alkanes of at least 4 members (excludes halogenated alkanes) is 25. The first-order chi connectivity index (χ1) is 33.0. The highest BCUT2D eigenvalue weighted by atomic mass is 16.6. The third-order valence-electron chi connectivity index (χ3n) is 11.9. The predicted octanol–water partition coefficient (Wildman–Crippen LogP) is 18.8. The van der Waals surface area contributed by atoms with E-state index in [2.05, 4.69) is 106 Å². The molecule has 0 rings (SSSR count). The summed E-state index contributed by atoms with van der Waals surface area (Å²) < 4.78 is 16.8. The molecule has 0 saturated carbocycles. The molecule has 384 valence electrons. The molecule has 0 radical (unpaired) electrons. The quantitative estimate of drug-likeness (QED) is 0.0262. The fourth-order valence-corrected chi connectivity index (χ4v) is 7.63. The first-order valence-corrected chi connectivity index (χ1v) is 28.1. The van der Waals surface area contributed by atoms with E-state index in [0.29, 0.717) is 19.3 Å². The van der Waals surface area contributed by atoms with Gasteiger partial charge in [0.05, 0.1) is 0 Å². The number of ether oxygens (including phenoxy) is 3. The van der Waals surface area contributed by atoms with Gasteiger partial charge in [0.1, 0.15) is 13.2 Å². The summed E-state index contributed by atoms with van der Waals surface area (Å²) in [5, 5.41) is 0. The molecular weight excluding hydrogens is 829 g/mol. The Labute approximate surface area is 414 Å². The molecule has 0 fully saturated rings. The van der Waals surface area contributed by atoms with Gasteiger partial charge >= 0.3 is 17.9 Å². The van der Waals surface area contributed by atoms with E-state index in [1.54, 1.807) is 0 Å². The molecule has 0 aliphatic carbocycles. The number of allylic oxidation sites excluding steroid dienone is 14. The van der Waals surface area contributed by atoms with Crippen molar-refractivity contribution in [2.45, 2.75) is 271 Å². The van der Waals surface area contributed by atoms with Crippen LogP contribution in [-0.4, -0.2) is 37.2 Å². The van der Waals surface area contributed by atoms with Crippen molar-refractivity contribution >= 4 is 17.9 Å². The minimum atomic E-state index is -0.795. The average molecular weight is 933 g/mol. The van der Waals surface area contributed by atoms with Crippen molar-refractivity contribution in [3.05, 3.63) is 85.1 Å². The topological polar surface area (TPSA) is 78.9 Å². The molecule has 6 nitrogen and oxygen atoms in total. The van der Waals surface area contributed by atoms with Gasteiger partial charge in [-0.1, -0.05) is 215 Å². The molecule has 0 aliphatic heterocycles. The van der Waals surface area contributed by atoms with Gasteiger partial charge in [0, 0.05) is 19.3 Å². The highest BCUT2D eigenvalue weighted by molar-refractivity contribution is 5.71. The second-order valence-corrected chi connectivity index (χ2v) is 18.5. The molecule has 67 heavy (non-hydrogen) atoms. The van der Waals surface area contributed by atoms with Gasteiger partial charge in [-0.3, -0.25) is 14.4 Å². The Bertz CT molecular complexity index is 1300. The molecule has 1 atom stereocenters. The first kappa shape index (κ1) is 63.6.